The van der Waals surface area contributed by atoms with Crippen LogP contribution in [0.2, 0.25) is 0 Å². The van der Waals surface area contributed by atoms with E-state index in [1.807, 2.05) is 45.0 Å². The Morgan fingerprint density at radius 1 is 1.29 bits per heavy atom. The molecule has 0 saturated carbocycles. The molecule has 0 radical (unpaired) electrons. The number of rotatable bonds is 5. The molecule has 0 aliphatic heterocycles. The standard InChI is InChI=1S/C24H25N3O/c1-5-9-18(15-25)23(28)24(3,4)19-12-13-20-21(14-19)26-16(2)27-22(20)17-10-7-6-8-11-17/h5-11,19H,1,12-14H2,2-4H3/b18-9-/t19-/m1/s1. The largest absolute Gasteiger partial charge is 0.293 e. The molecule has 2 aromatic rings. The van der Waals surface area contributed by atoms with E-state index in [1.54, 1.807) is 0 Å². The first-order valence-corrected chi connectivity index (χ1v) is 9.58. The van der Waals surface area contributed by atoms with Crippen LogP contribution in [-0.4, -0.2) is 15.8 Å². The third kappa shape index (κ3) is 3.66. The summed E-state index contributed by atoms with van der Waals surface area (Å²) in [6, 6.07) is 12.2. The fourth-order valence-electron chi connectivity index (χ4n) is 4.00. The number of allylic oxidation sites excluding steroid dienone is 3. The van der Waals surface area contributed by atoms with Crippen LogP contribution in [0.3, 0.4) is 0 Å². The van der Waals surface area contributed by atoms with Crippen LogP contribution < -0.4 is 0 Å². The summed E-state index contributed by atoms with van der Waals surface area (Å²) in [5.74, 6) is 0.732. The molecule has 0 spiro atoms. The molecule has 4 nitrogen and oxygen atoms in total. The number of carbonyl (C=O) groups is 1. The number of Topliss-reactive ketones (excluding diaryl/α,β-unsaturated/α-hetero) is 1. The highest BCUT2D eigenvalue weighted by atomic mass is 16.1. The maximum Gasteiger partial charge on any atom is 0.179 e. The summed E-state index contributed by atoms with van der Waals surface area (Å²) in [5, 5.41) is 9.34. The van der Waals surface area contributed by atoms with Gasteiger partial charge in [-0.15, -0.1) is 0 Å². The van der Waals surface area contributed by atoms with Gasteiger partial charge in [-0.2, -0.15) is 5.26 Å². The topological polar surface area (TPSA) is 66.6 Å². The molecule has 0 fully saturated rings. The molecule has 1 aliphatic rings. The molecule has 3 rings (SSSR count). The van der Waals surface area contributed by atoms with Crippen LogP contribution in [0.25, 0.3) is 11.3 Å². The van der Waals surface area contributed by atoms with Crippen LogP contribution in [0.1, 0.15) is 37.4 Å². The number of aromatic nitrogens is 2. The van der Waals surface area contributed by atoms with E-state index >= 15 is 0 Å². The van der Waals surface area contributed by atoms with Crippen LogP contribution >= 0.6 is 0 Å². The number of ketones is 1. The van der Waals surface area contributed by atoms with Gasteiger partial charge >= 0.3 is 0 Å². The van der Waals surface area contributed by atoms with Gasteiger partial charge in [-0.3, -0.25) is 4.79 Å². The highest BCUT2D eigenvalue weighted by molar-refractivity contribution is 6.03. The summed E-state index contributed by atoms with van der Waals surface area (Å²) in [6.07, 6.45) is 5.40. The number of aryl methyl sites for hydroxylation is 1. The van der Waals surface area contributed by atoms with Gasteiger partial charge in [0.15, 0.2) is 5.78 Å². The SMILES string of the molecule is C=C/C=C(/C#N)C(=O)C(C)(C)[C@@H]1CCc2c(nc(C)nc2-c2ccccc2)C1. The zero-order valence-corrected chi connectivity index (χ0v) is 16.7. The molecule has 0 amide bonds. The monoisotopic (exact) mass is 371 g/mol. The average molecular weight is 371 g/mol. The normalized spacial score (nSPS) is 16.8. The van der Waals surface area contributed by atoms with E-state index < -0.39 is 5.41 Å². The van der Waals surface area contributed by atoms with Gasteiger partial charge in [-0.1, -0.05) is 56.8 Å². The molecule has 142 valence electrons. The maximum atomic E-state index is 13.0. The Kier molecular flexibility index (Phi) is 5.56. The number of nitrogens with zero attached hydrogens (tertiary/aromatic N) is 3. The van der Waals surface area contributed by atoms with Crippen molar-refractivity contribution in [3.63, 3.8) is 0 Å². The molecule has 4 heteroatoms. The Balaban J connectivity index is 1.96. The van der Waals surface area contributed by atoms with Crippen molar-refractivity contribution in [2.75, 3.05) is 0 Å². The van der Waals surface area contributed by atoms with Crippen molar-refractivity contribution < 1.29 is 4.79 Å². The summed E-state index contributed by atoms with van der Waals surface area (Å²) in [7, 11) is 0. The summed E-state index contributed by atoms with van der Waals surface area (Å²) in [5.41, 5.74) is 3.81. The van der Waals surface area contributed by atoms with Crippen LogP contribution in [0.4, 0.5) is 0 Å². The van der Waals surface area contributed by atoms with E-state index in [-0.39, 0.29) is 17.3 Å². The van der Waals surface area contributed by atoms with E-state index in [4.69, 9.17) is 9.97 Å². The Labute approximate surface area is 166 Å². The highest BCUT2D eigenvalue weighted by Gasteiger charge is 2.40. The third-order valence-corrected chi connectivity index (χ3v) is 5.69. The van der Waals surface area contributed by atoms with Crippen molar-refractivity contribution in [1.29, 1.82) is 5.26 Å². The first kappa shape index (κ1) is 19.7. The van der Waals surface area contributed by atoms with E-state index in [2.05, 4.69) is 18.7 Å². The zero-order valence-electron chi connectivity index (χ0n) is 16.7. The van der Waals surface area contributed by atoms with Crippen molar-refractivity contribution in [3.05, 3.63) is 71.7 Å². The van der Waals surface area contributed by atoms with Crippen LogP contribution in [0.5, 0.6) is 0 Å². The number of hydrogen-bond acceptors (Lipinski definition) is 4. The van der Waals surface area contributed by atoms with Gasteiger partial charge in [0.05, 0.1) is 11.3 Å². The van der Waals surface area contributed by atoms with E-state index in [1.165, 1.54) is 17.7 Å². The van der Waals surface area contributed by atoms with Crippen LogP contribution in [-0.2, 0) is 17.6 Å². The molecule has 1 heterocycles. The van der Waals surface area contributed by atoms with Crippen molar-refractivity contribution in [3.8, 4) is 17.3 Å². The summed E-state index contributed by atoms with van der Waals surface area (Å²) in [6.45, 7) is 9.39. The fraction of sp³-hybridized carbons (Fsp3) is 0.333. The first-order chi connectivity index (χ1) is 13.4. The number of benzene rings is 1. The minimum Gasteiger partial charge on any atom is -0.293 e. The lowest BCUT2D eigenvalue weighted by Crippen LogP contribution is -2.37. The van der Waals surface area contributed by atoms with Gasteiger partial charge in [0.25, 0.3) is 0 Å². The lowest BCUT2D eigenvalue weighted by Gasteiger charge is -2.36. The van der Waals surface area contributed by atoms with E-state index in [0.29, 0.717) is 6.42 Å². The molecule has 0 N–H and O–H groups in total. The number of carbonyl (C=O) groups excluding carboxylic acids is 1. The molecule has 0 unspecified atom stereocenters. The summed E-state index contributed by atoms with van der Waals surface area (Å²) < 4.78 is 0. The van der Waals surface area contributed by atoms with Crippen LogP contribution in [0, 0.1) is 29.6 Å². The molecule has 0 saturated heterocycles. The number of fused-ring (bicyclic) bond motifs is 1. The Bertz CT molecular complexity index is 981. The first-order valence-electron chi connectivity index (χ1n) is 9.58. The van der Waals surface area contributed by atoms with E-state index in [9.17, 15) is 10.1 Å². The predicted octanol–water partition coefficient (Wildman–Crippen LogP) is 4.79. The molecule has 0 bridgehead atoms. The maximum absolute atomic E-state index is 13.0. The van der Waals surface area contributed by atoms with Crippen molar-refractivity contribution >= 4 is 5.78 Å². The Morgan fingerprint density at radius 3 is 2.64 bits per heavy atom. The molecule has 1 aliphatic carbocycles. The quantitative estimate of drug-likeness (QED) is 0.431. The van der Waals surface area contributed by atoms with Gasteiger partial charge in [0.2, 0.25) is 0 Å². The molecule has 28 heavy (non-hydrogen) atoms. The lowest BCUT2D eigenvalue weighted by molar-refractivity contribution is -0.125. The third-order valence-electron chi connectivity index (χ3n) is 5.69. The second kappa shape index (κ2) is 7.90. The Hall–Kier alpha value is -3.06. The summed E-state index contributed by atoms with van der Waals surface area (Å²) in [4.78, 5) is 22.4. The smallest absolute Gasteiger partial charge is 0.179 e. The average Bonchev–Trinajstić information content (AvgIpc) is 2.71. The second-order valence-electron chi connectivity index (χ2n) is 7.83. The molecule has 1 atom stereocenters. The minimum atomic E-state index is -0.645. The van der Waals surface area contributed by atoms with Gasteiger partial charge < -0.3 is 0 Å². The molecule has 1 aromatic heterocycles. The van der Waals surface area contributed by atoms with Crippen molar-refractivity contribution in [1.82, 2.24) is 9.97 Å². The van der Waals surface area contributed by atoms with Gasteiger partial charge in [-0.25, -0.2) is 9.97 Å². The lowest BCUT2D eigenvalue weighted by atomic mass is 9.67. The van der Waals surface area contributed by atoms with E-state index in [0.717, 1.165) is 35.6 Å². The zero-order chi connectivity index (χ0) is 20.3. The molecular weight excluding hydrogens is 346 g/mol. The van der Waals surface area contributed by atoms with Gasteiger partial charge in [-0.05, 0) is 38.2 Å². The van der Waals surface area contributed by atoms with Gasteiger partial charge in [0, 0.05) is 22.2 Å². The number of nitriles is 1. The van der Waals surface area contributed by atoms with Crippen LogP contribution in [0.15, 0.2) is 54.6 Å². The molecule has 1 aromatic carbocycles. The second-order valence-corrected chi connectivity index (χ2v) is 7.83. The van der Waals surface area contributed by atoms with Crippen molar-refractivity contribution in [2.45, 2.75) is 40.0 Å². The number of hydrogen-bond donors (Lipinski definition) is 0. The Morgan fingerprint density at radius 2 is 2.00 bits per heavy atom. The fourth-order valence-corrected chi connectivity index (χ4v) is 4.00. The van der Waals surface area contributed by atoms with Gasteiger partial charge in [0.1, 0.15) is 11.9 Å². The minimum absolute atomic E-state index is 0.118. The highest BCUT2D eigenvalue weighted by Crippen LogP contribution is 2.41. The summed E-state index contributed by atoms with van der Waals surface area (Å²) >= 11 is 0. The van der Waals surface area contributed by atoms with Crippen molar-refractivity contribution in [2.24, 2.45) is 11.3 Å². The molecular formula is C24H25N3O. The predicted molar refractivity (Wildman–Crippen MR) is 110 cm³/mol.